The number of hydrogen-bond donors (Lipinski definition) is 2. The summed E-state index contributed by atoms with van der Waals surface area (Å²) in [7, 11) is 1.66. The lowest BCUT2D eigenvalue weighted by Crippen LogP contribution is -2.45. The molecule has 2 N–H and O–H groups in total. The van der Waals surface area contributed by atoms with Crippen LogP contribution in [0.15, 0.2) is 35.3 Å². The van der Waals surface area contributed by atoms with Crippen LogP contribution < -0.4 is 10.6 Å². The highest BCUT2D eigenvalue weighted by molar-refractivity contribution is 14.0. The number of alkyl halides is 3. The van der Waals surface area contributed by atoms with Gasteiger partial charge in [-0.1, -0.05) is 18.2 Å². The van der Waals surface area contributed by atoms with Gasteiger partial charge in [0.15, 0.2) is 5.96 Å². The highest BCUT2D eigenvalue weighted by Crippen LogP contribution is 2.20. The van der Waals surface area contributed by atoms with Crippen LogP contribution >= 0.6 is 24.0 Å². The number of nitrogens with zero attached hydrogens (tertiary/aromatic N) is 4. The van der Waals surface area contributed by atoms with Crippen LogP contribution in [0.3, 0.4) is 0 Å². The summed E-state index contributed by atoms with van der Waals surface area (Å²) in [5.74, 6) is 0.579. The Bertz CT molecular complexity index is 850. The summed E-state index contributed by atoms with van der Waals surface area (Å²) in [6.07, 6.45) is -3.51. The molecule has 0 saturated carbocycles. The van der Waals surface area contributed by atoms with Gasteiger partial charge in [0.2, 0.25) is 0 Å². The molecule has 0 radical (unpaired) electrons. The van der Waals surface area contributed by atoms with Crippen molar-refractivity contribution in [2.45, 2.75) is 39.0 Å². The second kappa shape index (κ2) is 10.5. The summed E-state index contributed by atoms with van der Waals surface area (Å²) >= 11 is 0. The van der Waals surface area contributed by atoms with E-state index in [-0.39, 0.29) is 30.0 Å². The first-order valence-electron chi connectivity index (χ1n) is 9.63. The Labute approximate surface area is 191 Å². The highest BCUT2D eigenvalue weighted by atomic mass is 127. The van der Waals surface area contributed by atoms with Crippen LogP contribution in [0.5, 0.6) is 0 Å². The standard InChI is InChI=1S/C20H27F3N6.HI/c1-14-18(15(2)29(27-14)17-7-5-4-6-8-17)11-25-19(24-3)26-16-9-10-28(12-16)13-20(21,22)23;/h4-8,16H,9-13H2,1-3H3,(H2,24,25,26);1H. The maximum Gasteiger partial charge on any atom is 0.401 e. The van der Waals surface area contributed by atoms with Gasteiger partial charge in [0.25, 0.3) is 0 Å². The van der Waals surface area contributed by atoms with E-state index >= 15 is 0 Å². The van der Waals surface area contributed by atoms with E-state index in [1.54, 1.807) is 7.05 Å². The molecule has 1 aromatic heterocycles. The molecule has 1 aliphatic heterocycles. The Kier molecular flexibility index (Phi) is 8.53. The van der Waals surface area contributed by atoms with Gasteiger partial charge >= 0.3 is 6.18 Å². The molecule has 2 aromatic rings. The molecule has 10 heteroatoms. The number of benzene rings is 1. The van der Waals surface area contributed by atoms with E-state index in [0.717, 1.165) is 22.6 Å². The predicted molar refractivity (Wildman–Crippen MR) is 123 cm³/mol. The number of rotatable bonds is 5. The van der Waals surface area contributed by atoms with Crippen LogP contribution in [-0.2, 0) is 6.54 Å². The van der Waals surface area contributed by atoms with Crippen molar-refractivity contribution in [3.05, 3.63) is 47.3 Å². The van der Waals surface area contributed by atoms with Crippen molar-refractivity contribution >= 4 is 29.9 Å². The van der Waals surface area contributed by atoms with Gasteiger partial charge in [-0.3, -0.25) is 9.89 Å². The van der Waals surface area contributed by atoms with Crippen molar-refractivity contribution in [3.63, 3.8) is 0 Å². The molecule has 166 valence electrons. The average molecular weight is 536 g/mol. The molecule has 1 aromatic carbocycles. The fourth-order valence-corrected chi connectivity index (χ4v) is 3.66. The summed E-state index contributed by atoms with van der Waals surface area (Å²) in [4.78, 5) is 5.64. The molecule has 30 heavy (non-hydrogen) atoms. The SMILES string of the molecule is CN=C(NCc1c(C)nn(-c2ccccc2)c1C)NC1CCN(CC(F)(F)F)C1.I. The van der Waals surface area contributed by atoms with E-state index in [9.17, 15) is 13.2 Å². The number of aromatic nitrogens is 2. The topological polar surface area (TPSA) is 57.5 Å². The lowest BCUT2D eigenvalue weighted by molar-refractivity contribution is -0.143. The minimum absolute atomic E-state index is 0. The second-order valence-corrected chi connectivity index (χ2v) is 7.30. The second-order valence-electron chi connectivity index (χ2n) is 7.30. The number of hydrogen-bond acceptors (Lipinski definition) is 3. The molecule has 1 atom stereocenters. The van der Waals surface area contributed by atoms with E-state index in [2.05, 4.69) is 20.7 Å². The molecular formula is C20H28F3IN6. The molecule has 0 spiro atoms. The van der Waals surface area contributed by atoms with Gasteiger partial charge in [0.1, 0.15) is 0 Å². The molecule has 1 unspecified atom stereocenters. The molecular weight excluding hydrogens is 508 g/mol. The Morgan fingerprint density at radius 2 is 1.93 bits per heavy atom. The van der Waals surface area contributed by atoms with E-state index in [1.807, 2.05) is 48.9 Å². The number of likely N-dealkylation sites (tertiary alicyclic amines) is 1. The quantitative estimate of drug-likeness (QED) is 0.350. The van der Waals surface area contributed by atoms with Crippen molar-refractivity contribution in [3.8, 4) is 5.69 Å². The fraction of sp³-hybridized carbons (Fsp3) is 0.500. The van der Waals surface area contributed by atoms with Crippen LogP contribution in [0.25, 0.3) is 5.69 Å². The van der Waals surface area contributed by atoms with Gasteiger partial charge < -0.3 is 10.6 Å². The van der Waals surface area contributed by atoms with E-state index in [0.29, 0.717) is 32.0 Å². The monoisotopic (exact) mass is 536 g/mol. The third-order valence-electron chi connectivity index (χ3n) is 5.11. The third kappa shape index (κ3) is 6.34. The molecule has 3 rings (SSSR count). The van der Waals surface area contributed by atoms with Crippen molar-refractivity contribution < 1.29 is 13.2 Å². The van der Waals surface area contributed by atoms with E-state index < -0.39 is 12.7 Å². The van der Waals surface area contributed by atoms with Crippen molar-refractivity contribution in [2.75, 3.05) is 26.7 Å². The molecule has 6 nitrogen and oxygen atoms in total. The molecule has 0 amide bonds. The molecule has 0 aliphatic carbocycles. The van der Waals surface area contributed by atoms with Crippen molar-refractivity contribution in [1.82, 2.24) is 25.3 Å². The number of guanidine groups is 1. The van der Waals surface area contributed by atoms with Gasteiger partial charge in [0.05, 0.1) is 17.9 Å². The summed E-state index contributed by atoms with van der Waals surface area (Å²) < 4.78 is 39.6. The number of aliphatic imine (C=N–C) groups is 1. The summed E-state index contributed by atoms with van der Waals surface area (Å²) in [6.45, 7) is 4.43. The van der Waals surface area contributed by atoms with Gasteiger partial charge in [-0.05, 0) is 32.4 Å². The Morgan fingerprint density at radius 1 is 1.23 bits per heavy atom. The van der Waals surface area contributed by atoms with Crippen LogP contribution in [0, 0.1) is 13.8 Å². The van der Waals surface area contributed by atoms with Crippen LogP contribution in [0.2, 0.25) is 0 Å². The lowest BCUT2D eigenvalue weighted by atomic mass is 10.2. The first-order chi connectivity index (χ1) is 13.8. The predicted octanol–water partition coefficient (Wildman–Crippen LogP) is 3.41. The summed E-state index contributed by atoms with van der Waals surface area (Å²) in [6, 6.07) is 9.86. The van der Waals surface area contributed by atoms with Crippen molar-refractivity contribution in [2.24, 2.45) is 4.99 Å². The molecule has 1 saturated heterocycles. The maximum absolute atomic E-state index is 12.6. The van der Waals surface area contributed by atoms with Gasteiger partial charge in [-0.2, -0.15) is 18.3 Å². The van der Waals surface area contributed by atoms with Crippen LogP contribution in [0.1, 0.15) is 23.4 Å². The minimum atomic E-state index is -4.16. The number of nitrogens with one attached hydrogen (secondary N) is 2. The smallest absolute Gasteiger partial charge is 0.352 e. The molecule has 2 heterocycles. The third-order valence-corrected chi connectivity index (χ3v) is 5.11. The summed E-state index contributed by atoms with van der Waals surface area (Å²) in [5.41, 5.74) is 4.03. The largest absolute Gasteiger partial charge is 0.401 e. The van der Waals surface area contributed by atoms with Gasteiger partial charge in [-0.15, -0.1) is 24.0 Å². The molecule has 1 aliphatic rings. The zero-order valence-electron chi connectivity index (χ0n) is 17.3. The Morgan fingerprint density at radius 3 is 2.57 bits per heavy atom. The molecule has 0 bridgehead atoms. The zero-order chi connectivity index (χ0) is 21.0. The number of para-hydroxylation sites is 1. The normalized spacial score (nSPS) is 17.7. The van der Waals surface area contributed by atoms with Crippen molar-refractivity contribution in [1.29, 1.82) is 0 Å². The maximum atomic E-state index is 12.6. The van der Waals surface area contributed by atoms with Gasteiger partial charge in [-0.25, -0.2) is 4.68 Å². The summed E-state index contributed by atoms with van der Waals surface area (Å²) in [5, 5.41) is 11.1. The minimum Gasteiger partial charge on any atom is -0.352 e. The Balaban J connectivity index is 0.00000320. The average Bonchev–Trinajstić information content (AvgIpc) is 3.22. The number of halogens is 4. The zero-order valence-corrected chi connectivity index (χ0v) is 19.7. The first kappa shape index (κ1) is 24.4. The fourth-order valence-electron chi connectivity index (χ4n) is 3.66. The number of aryl methyl sites for hydroxylation is 1. The van der Waals surface area contributed by atoms with E-state index in [1.165, 1.54) is 4.90 Å². The first-order valence-corrected chi connectivity index (χ1v) is 9.63. The lowest BCUT2D eigenvalue weighted by Gasteiger charge is -2.20. The Hall–Kier alpha value is -1.82. The van der Waals surface area contributed by atoms with Gasteiger partial charge in [0, 0.05) is 44.0 Å². The highest BCUT2D eigenvalue weighted by Gasteiger charge is 2.34. The van der Waals surface area contributed by atoms with E-state index in [4.69, 9.17) is 0 Å². The van der Waals surface area contributed by atoms with Crippen LogP contribution in [-0.4, -0.2) is 59.5 Å². The molecule has 1 fully saturated rings. The van der Waals surface area contributed by atoms with Crippen LogP contribution in [0.4, 0.5) is 13.2 Å².